The standard InChI is InChI=1S/2C12H24N2O3.2CH4/c1-3-5-6-8-14-12(17)10(9-11(15)16)13-7-4-2;1-3-5-6-8-14-11(15)9-10(12(16)17)13-7-4-2;;/h10,13H,3-9H2,1-2H3,(H,14,17)(H,15,16);10,13H,3-9H2,1-2H3,(H,14,15)(H,16,17);2*1H4. The molecule has 0 bridgehead atoms. The first-order valence-corrected chi connectivity index (χ1v) is 12.7. The molecule has 10 nitrogen and oxygen atoms in total. The molecule has 0 aliphatic heterocycles. The number of carboxylic acids is 2. The lowest BCUT2D eigenvalue weighted by Crippen LogP contribution is -2.46. The fourth-order valence-corrected chi connectivity index (χ4v) is 2.89. The largest absolute Gasteiger partial charge is 0.481 e. The van der Waals surface area contributed by atoms with E-state index in [2.05, 4.69) is 35.1 Å². The minimum absolute atomic E-state index is 0. The maximum atomic E-state index is 11.7. The van der Waals surface area contributed by atoms with Crippen molar-refractivity contribution in [1.82, 2.24) is 21.3 Å². The molecular formula is C26H56N4O6. The van der Waals surface area contributed by atoms with Crippen LogP contribution in [0.15, 0.2) is 0 Å². The molecule has 0 aliphatic carbocycles. The molecule has 0 heterocycles. The Labute approximate surface area is 219 Å². The molecule has 216 valence electrons. The van der Waals surface area contributed by atoms with Gasteiger partial charge in [0.15, 0.2) is 0 Å². The van der Waals surface area contributed by atoms with E-state index in [0.717, 1.165) is 51.4 Å². The van der Waals surface area contributed by atoms with Crippen LogP contribution in [-0.2, 0) is 19.2 Å². The Balaban J connectivity index is -0.000000269. The number of aliphatic carboxylic acids is 2. The summed E-state index contributed by atoms with van der Waals surface area (Å²) in [6.45, 7) is 10.6. The van der Waals surface area contributed by atoms with Crippen LogP contribution in [0.1, 0.15) is 107 Å². The lowest BCUT2D eigenvalue weighted by Gasteiger charge is -2.16. The maximum Gasteiger partial charge on any atom is 0.321 e. The second-order valence-corrected chi connectivity index (χ2v) is 8.21. The molecule has 2 atom stereocenters. The molecule has 36 heavy (non-hydrogen) atoms. The predicted octanol–water partition coefficient (Wildman–Crippen LogP) is 3.54. The van der Waals surface area contributed by atoms with Crippen molar-refractivity contribution >= 4 is 23.8 Å². The van der Waals surface area contributed by atoms with Crippen LogP contribution in [0.5, 0.6) is 0 Å². The SMILES string of the molecule is C.C.CCCCCNC(=O)C(CC(=O)O)NCCC.CCCCCNC(=O)CC(NCCC)C(=O)O. The highest BCUT2D eigenvalue weighted by molar-refractivity contribution is 5.86. The van der Waals surface area contributed by atoms with E-state index in [0.29, 0.717) is 26.2 Å². The van der Waals surface area contributed by atoms with Gasteiger partial charge < -0.3 is 31.5 Å². The zero-order chi connectivity index (χ0) is 26.2. The molecule has 0 radical (unpaired) electrons. The van der Waals surface area contributed by atoms with Crippen LogP contribution < -0.4 is 21.3 Å². The molecule has 0 saturated heterocycles. The Bertz CT molecular complexity index is 561. The molecule has 0 aromatic carbocycles. The predicted molar refractivity (Wildman–Crippen MR) is 147 cm³/mol. The van der Waals surface area contributed by atoms with E-state index >= 15 is 0 Å². The van der Waals surface area contributed by atoms with Crippen LogP contribution in [0.25, 0.3) is 0 Å². The number of amides is 2. The fraction of sp³-hybridized carbons (Fsp3) is 0.846. The Hall–Kier alpha value is -2.20. The molecule has 0 aliphatic rings. The summed E-state index contributed by atoms with van der Waals surface area (Å²) in [4.78, 5) is 44.7. The monoisotopic (exact) mass is 520 g/mol. The lowest BCUT2D eigenvalue weighted by molar-refractivity contribution is -0.141. The van der Waals surface area contributed by atoms with Crippen LogP contribution >= 0.6 is 0 Å². The summed E-state index contributed by atoms with van der Waals surface area (Å²) < 4.78 is 0. The Morgan fingerprint density at radius 1 is 0.611 bits per heavy atom. The van der Waals surface area contributed by atoms with E-state index in [-0.39, 0.29) is 39.5 Å². The molecular weight excluding hydrogens is 464 g/mol. The summed E-state index contributed by atoms with van der Waals surface area (Å²) >= 11 is 0. The summed E-state index contributed by atoms with van der Waals surface area (Å²) in [5.74, 6) is -2.33. The molecule has 0 rings (SSSR count). The summed E-state index contributed by atoms with van der Waals surface area (Å²) in [5, 5.41) is 28.9. The van der Waals surface area contributed by atoms with Crippen molar-refractivity contribution in [2.24, 2.45) is 0 Å². The highest BCUT2D eigenvalue weighted by atomic mass is 16.4. The maximum absolute atomic E-state index is 11.7. The Morgan fingerprint density at radius 3 is 1.50 bits per heavy atom. The van der Waals surface area contributed by atoms with Gasteiger partial charge in [0.1, 0.15) is 6.04 Å². The highest BCUT2D eigenvalue weighted by Gasteiger charge is 2.20. The smallest absolute Gasteiger partial charge is 0.321 e. The molecule has 2 amide bonds. The summed E-state index contributed by atoms with van der Waals surface area (Å²) in [5.41, 5.74) is 0. The first-order chi connectivity index (χ1) is 16.2. The third-order valence-corrected chi connectivity index (χ3v) is 4.85. The van der Waals surface area contributed by atoms with Crippen LogP contribution in [0.2, 0.25) is 0 Å². The van der Waals surface area contributed by atoms with Crippen molar-refractivity contribution < 1.29 is 29.4 Å². The number of hydrogen-bond donors (Lipinski definition) is 6. The zero-order valence-corrected chi connectivity index (χ0v) is 21.6. The quantitative estimate of drug-likeness (QED) is 0.133. The number of carbonyl (C=O) groups excluding carboxylic acids is 2. The number of hydrogen-bond acceptors (Lipinski definition) is 6. The van der Waals surface area contributed by atoms with E-state index in [1.54, 1.807) is 0 Å². The van der Waals surface area contributed by atoms with Gasteiger partial charge in [0.05, 0.1) is 18.9 Å². The van der Waals surface area contributed by atoms with Gasteiger partial charge in [0.25, 0.3) is 0 Å². The van der Waals surface area contributed by atoms with Crippen LogP contribution in [0, 0.1) is 0 Å². The lowest BCUT2D eigenvalue weighted by atomic mass is 10.2. The normalized spacial score (nSPS) is 11.4. The van der Waals surface area contributed by atoms with E-state index in [4.69, 9.17) is 10.2 Å². The van der Waals surface area contributed by atoms with Crippen LogP contribution in [-0.4, -0.2) is 72.2 Å². The Morgan fingerprint density at radius 2 is 1.08 bits per heavy atom. The molecule has 0 spiro atoms. The molecule has 10 heteroatoms. The molecule has 0 fully saturated rings. The van der Waals surface area contributed by atoms with Gasteiger partial charge in [0.2, 0.25) is 11.8 Å². The zero-order valence-electron chi connectivity index (χ0n) is 21.6. The third-order valence-electron chi connectivity index (χ3n) is 4.85. The van der Waals surface area contributed by atoms with Gasteiger partial charge in [-0.2, -0.15) is 0 Å². The van der Waals surface area contributed by atoms with Gasteiger partial charge >= 0.3 is 11.9 Å². The topological polar surface area (TPSA) is 157 Å². The first kappa shape index (κ1) is 40.9. The van der Waals surface area contributed by atoms with E-state index in [1.807, 2.05) is 13.8 Å². The van der Waals surface area contributed by atoms with Crippen molar-refractivity contribution in [3.8, 4) is 0 Å². The number of carboxylic acid groups (broad SMARTS) is 2. The van der Waals surface area contributed by atoms with Gasteiger partial charge in [-0.05, 0) is 38.8 Å². The van der Waals surface area contributed by atoms with E-state index in [1.165, 1.54) is 0 Å². The summed E-state index contributed by atoms with van der Waals surface area (Å²) in [7, 11) is 0. The fourth-order valence-electron chi connectivity index (χ4n) is 2.89. The van der Waals surface area contributed by atoms with Crippen molar-refractivity contribution in [3.05, 3.63) is 0 Å². The van der Waals surface area contributed by atoms with E-state index in [9.17, 15) is 19.2 Å². The Kier molecular flexibility index (Phi) is 33.0. The van der Waals surface area contributed by atoms with Crippen molar-refractivity contribution in [1.29, 1.82) is 0 Å². The van der Waals surface area contributed by atoms with Gasteiger partial charge in [-0.15, -0.1) is 0 Å². The molecule has 0 aromatic heterocycles. The van der Waals surface area contributed by atoms with Crippen molar-refractivity contribution in [2.45, 2.75) is 119 Å². The van der Waals surface area contributed by atoms with Crippen molar-refractivity contribution in [3.63, 3.8) is 0 Å². The minimum atomic E-state index is -0.970. The number of nitrogens with one attached hydrogen (secondary N) is 4. The molecule has 0 saturated carbocycles. The van der Waals surface area contributed by atoms with Gasteiger partial charge in [-0.1, -0.05) is 68.2 Å². The highest BCUT2D eigenvalue weighted by Crippen LogP contribution is 1.97. The van der Waals surface area contributed by atoms with Crippen LogP contribution in [0.4, 0.5) is 0 Å². The molecule has 0 aromatic rings. The first-order valence-electron chi connectivity index (χ1n) is 12.7. The average molecular weight is 521 g/mol. The van der Waals surface area contributed by atoms with Crippen LogP contribution in [0.3, 0.4) is 0 Å². The molecule has 6 N–H and O–H groups in total. The third kappa shape index (κ3) is 26.4. The van der Waals surface area contributed by atoms with Gasteiger partial charge in [-0.25, -0.2) is 0 Å². The number of rotatable bonds is 20. The minimum Gasteiger partial charge on any atom is -0.481 e. The number of carbonyl (C=O) groups is 4. The summed E-state index contributed by atoms with van der Waals surface area (Å²) in [6.07, 6.45) is 7.80. The second-order valence-electron chi connectivity index (χ2n) is 8.21. The second kappa shape index (κ2) is 29.0. The average Bonchev–Trinajstić information content (AvgIpc) is 2.79. The van der Waals surface area contributed by atoms with Gasteiger partial charge in [-0.3, -0.25) is 19.2 Å². The van der Waals surface area contributed by atoms with E-state index < -0.39 is 24.0 Å². The molecule has 2 unspecified atom stereocenters. The number of unbranched alkanes of at least 4 members (excludes halogenated alkanes) is 4. The van der Waals surface area contributed by atoms with Crippen molar-refractivity contribution in [2.75, 3.05) is 26.2 Å². The summed E-state index contributed by atoms with van der Waals surface area (Å²) in [6, 6.07) is -1.39. The van der Waals surface area contributed by atoms with Gasteiger partial charge in [0, 0.05) is 13.1 Å².